The number of rotatable bonds is 1. The Morgan fingerprint density at radius 2 is 1.92 bits per heavy atom. The van der Waals surface area contributed by atoms with Gasteiger partial charge in [-0.1, -0.05) is 30.3 Å². The molecule has 1 saturated heterocycles. The summed E-state index contributed by atoms with van der Waals surface area (Å²) in [5, 5.41) is 0.803. The Hall–Kier alpha value is -4.56. The third kappa shape index (κ3) is 3.87. The molecule has 2 aliphatic rings. The van der Waals surface area contributed by atoms with Crippen LogP contribution in [0.3, 0.4) is 0 Å². The first-order valence-corrected chi connectivity index (χ1v) is 11.4. The predicted molar refractivity (Wildman–Crippen MR) is 133 cm³/mol. The molecule has 0 saturated carbocycles. The first-order valence-electron chi connectivity index (χ1n) is 11.4. The van der Waals surface area contributed by atoms with Crippen LogP contribution < -0.4 is 9.80 Å². The minimum absolute atomic E-state index is 0. The molecule has 8 heteroatoms. The number of fused-ring (bicyclic) bond motifs is 5. The lowest BCUT2D eigenvalue weighted by atomic mass is 10.1. The van der Waals surface area contributed by atoms with Gasteiger partial charge in [0.05, 0.1) is 33.9 Å². The summed E-state index contributed by atoms with van der Waals surface area (Å²) >= 11 is 0. The molecular formula is C28H21F3N4O. The second kappa shape index (κ2) is 8.28. The molecule has 0 aliphatic carbocycles. The summed E-state index contributed by atoms with van der Waals surface area (Å²) < 4.78 is 39.7. The van der Waals surface area contributed by atoms with Crippen LogP contribution in [0.15, 0.2) is 60.7 Å². The molecule has 2 aromatic heterocycles. The number of carbonyl (C=O) groups excluding carboxylic acids is 1. The Morgan fingerprint density at radius 1 is 1.06 bits per heavy atom. The monoisotopic (exact) mass is 486 g/mol. The molecule has 0 spiro atoms. The number of aromatic nitrogens is 2. The summed E-state index contributed by atoms with van der Waals surface area (Å²) in [6.45, 7) is 1.41. The van der Waals surface area contributed by atoms with Gasteiger partial charge in [0.25, 0.3) is 0 Å². The van der Waals surface area contributed by atoms with E-state index in [1.807, 2.05) is 24.3 Å². The van der Waals surface area contributed by atoms with Crippen molar-refractivity contribution in [3.05, 3.63) is 84.1 Å². The quantitative estimate of drug-likeness (QED) is 0.339. The number of alkyl halides is 3. The number of amides is 1. The second-order valence-corrected chi connectivity index (χ2v) is 8.66. The summed E-state index contributed by atoms with van der Waals surface area (Å²) in [6.07, 6.45) is -3.71. The molecule has 2 bridgehead atoms. The van der Waals surface area contributed by atoms with Crippen LogP contribution in [0, 0.1) is 24.0 Å². The van der Waals surface area contributed by atoms with E-state index in [0.29, 0.717) is 34.8 Å². The summed E-state index contributed by atoms with van der Waals surface area (Å²) in [5.41, 5.74) is 1.70. The maximum absolute atomic E-state index is 13.3. The standard InChI is InChI=1S/C28H17F3N4O.2H2/c29-28(30,31)20-6-3-5-19(16-20)24-11-12-25-27(33-24)35(22-14-15-34(25)17-22)26(36)13-10-21-9-8-18-4-1-2-7-23(18)32-21;;/h1-7,11-12,16,22H,14-15,17H2;2*1H/t22-;;/m0../s1. The third-order valence-electron chi connectivity index (χ3n) is 6.40. The summed E-state index contributed by atoms with van der Waals surface area (Å²) in [5.74, 6) is 5.41. The molecular weight excluding hydrogens is 465 g/mol. The van der Waals surface area contributed by atoms with Gasteiger partial charge in [-0.2, -0.15) is 13.2 Å². The molecule has 5 nitrogen and oxygen atoms in total. The molecule has 6 rings (SSSR count). The predicted octanol–water partition coefficient (Wildman–Crippen LogP) is 5.38. The van der Waals surface area contributed by atoms with Crippen LogP contribution in [0.1, 0.15) is 20.5 Å². The van der Waals surface area contributed by atoms with Crippen molar-refractivity contribution in [2.75, 3.05) is 22.9 Å². The number of anilines is 2. The van der Waals surface area contributed by atoms with Gasteiger partial charge in [-0.3, -0.25) is 9.69 Å². The van der Waals surface area contributed by atoms with Crippen molar-refractivity contribution in [2.24, 2.45) is 0 Å². The van der Waals surface area contributed by atoms with Gasteiger partial charge in [-0.05, 0) is 54.8 Å². The van der Waals surface area contributed by atoms with E-state index >= 15 is 0 Å². The van der Waals surface area contributed by atoms with E-state index in [-0.39, 0.29) is 8.90 Å². The Balaban J connectivity index is 0.00000168. The van der Waals surface area contributed by atoms with Crippen LogP contribution in [0.5, 0.6) is 0 Å². The topological polar surface area (TPSA) is 49.3 Å². The molecule has 180 valence electrons. The number of pyridine rings is 1. The minimum atomic E-state index is -4.46. The minimum Gasteiger partial charge on any atom is -0.366 e. The van der Waals surface area contributed by atoms with Gasteiger partial charge in [0.2, 0.25) is 0 Å². The van der Waals surface area contributed by atoms with Crippen molar-refractivity contribution < 1.29 is 20.8 Å². The lowest BCUT2D eigenvalue weighted by Crippen LogP contribution is -2.46. The van der Waals surface area contributed by atoms with Gasteiger partial charge in [0.15, 0.2) is 11.5 Å². The maximum atomic E-state index is 13.3. The van der Waals surface area contributed by atoms with E-state index in [9.17, 15) is 18.0 Å². The van der Waals surface area contributed by atoms with Crippen molar-refractivity contribution in [3.8, 4) is 23.1 Å². The van der Waals surface area contributed by atoms with Gasteiger partial charge >= 0.3 is 12.1 Å². The number of para-hydroxylation sites is 1. The molecule has 1 atom stereocenters. The highest BCUT2D eigenvalue weighted by molar-refractivity contribution is 6.08. The summed E-state index contributed by atoms with van der Waals surface area (Å²) in [7, 11) is 0. The van der Waals surface area contributed by atoms with Gasteiger partial charge < -0.3 is 4.90 Å². The molecule has 1 fully saturated rings. The van der Waals surface area contributed by atoms with E-state index in [1.165, 1.54) is 6.07 Å². The van der Waals surface area contributed by atoms with E-state index in [2.05, 4.69) is 38.8 Å². The molecule has 1 amide bonds. The van der Waals surface area contributed by atoms with Crippen LogP contribution in [0.2, 0.25) is 0 Å². The molecule has 4 aromatic rings. The van der Waals surface area contributed by atoms with Gasteiger partial charge in [-0.15, -0.1) is 0 Å². The average molecular weight is 486 g/mol. The zero-order valence-corrected chi connectivity index (χ0v) is 18.8. The van der Waals surface area contributed by atoms with Crippen molar-refractivity contribution >= 4 is 28.3 Å². The van der Waals surface area contributed by atoms with Crippen molar-refractivity contribution in [1.82, 2.24) is 9.97 Å². The number of halogens is 3. The maximum Gasteiger partial charge on any atom is 0.416 e. The fraction of sp³-hybridized carbons (Fsp3) is 0.179. The third-order valence-corrected chi connectivity index (χ3v) is 6.40. The zero-order chi connectivity index (χ0) is 24.9. The largest absolute Gasteiger partial charge is 0.416 e. The summed E-state index contributed by atoms with van der Waals surface area (Å²) in [6, 6.07) is 21.7. The molecule has 36 heavy (non-hydrogen) atoms. The number of hydrogen-bond acceptors (Lipinski definition) is 4. The SMILES string of the molecule is O=C(C#Cc1c#cc2ccccc2n1)N1c2nc(-c3cccc(C(F)(F)F)c3)ccc2N2CC[C@H]1C2.[HH].[HH]. The van der Waals surface area contributed by atoms with Crippen LogP contribution in [0.4, 0.5) is 24.7 Å². The second-order valence-electron chi connectivity index (χ2n) is 8.66. The summed E-state index contributed by atoms with van der Waals surface area (Å²) in [4.78, 5) is 26.1. The first-order chi connectivity index (χ1) is 17.4. The Kier molecular flexibility index (Phi) is 5.05. The number of nitrogens with zero attached hydrogens (tertiary/aromatic N) is 4. The van der Waals surface area contributed by atoms with E-state index in [4.69, 9.17) is 0 Å². The zero-order valence-electron chi connectivity index (χ0n) is 18.8. The average Bonchev–Trinajstić information content (AvgIpc) is 3.31. The molecule has 0 unspecified atom stereocenters. The van der Waals surface area contributed by atoms with Gasteiger partial charge in [-0.25, -0.2) is 9.97 Å². The Bertz CT molecular complexity index is 1580. The Labute approximate surface area is 208 Å². The highest BCUT2D eigenvalue weighted by Gasteiger charge is 2.40. The smallest absolute Gasteiger partial charge is 0.366 e. The number of hydrogen-bond donors (Lipinski definition) is 0. The Morgan fingerprint density at radius 3 is 2.78 bits per heavy atom. The molecule has 2 aliphatic heterocycles. The van der Waals surface area contributed by atoms with E-state index in [0.717, 1.165) is 36.2 Å². The molecule has 4 heterocycles. The van der Waals surface area contributed by atoms with Crippen molar-refractivity contribution in [2.45, 2.75) is 18.6 Å². The molecule has 0 N–H and O–H groups in total. The van der Waals surface area contributed by atoms with Crippen LogP contribution in [0.25, 0.3) is 22.2 Å². The van der Waals surface area contributed by atoms with Crippen LogP contribution in [-0.2, 0) is 11.0 Å². The van der Waals surface area contributed by atoms with E-state index < -0.39 is 17.6 Å². The number of benzene rings is 2. The van der Waals surface area contributed by atoms with Crippen LogP contribution >= 0.6 is 0 Å². The van der Waals surface area contributed by atoms with Crippen molar-refractivity contribution in [3.63, 3.8) is 0 Å². The fourth-order valence-electron chi connectivity index (χ4n) is 4.67. The van der Waals surface area contributed by atoms with Crippen LogP contribution in [-0.4, -0.2) is 35.0 Å². The lowest BCUT2D eigenvalue weighted by molar-refractivity contribution is -0.137. The first kappa shape index (κ1) is 21.9. The highest BCUT2D eigenvalue weighted by Crippen LogP contribution is 2.40. The molecule has 0 radical (unpaired) electrons. The fourth-order valence-corrected chi connectivity index (χ4v) is 4.67. The normalized spacial score (nSPS) is 16.2. The van der Waals surface area contributed by atoms with Gasteiger partial charge in [0.1, 0.15) is 0 Å². The highest BCUT2D eigenvalue weighted by atomic mass is 19.4. The van der Waals surface area contributed by atoms with Crippen molar-refractivity contribution in [1.29, 1.82) is 0 Å². The van der Waals surface area contributed by atoms with E-state index in [1.54, 1.807) is 23.1 Å². The number of carbonyl (C=O) groups is 1. The molecule has 2 aromatic carbocycles. The lowest BCUT2D eigenvalue weighted by Gasteiger charge is -2.34. The van der Waals surface area contributed by atoms with Gasteiger partial charge in [0, 0.05) is 27.4 Å².